The summed E-state index contributed by atoms with van der Waals surface area (Å²) in [6, 6.07) is 10.6. The molecule has 0 heterocycles. The van der Waals surface area contributed by atoms with Crippen LogP contribution in [0.1, 0.15) is 19.4 Å². The Kier molecular flexibility index (Phi) is 5.70. The highest BCUT2D eigenvalue weighted by Crippen LogP contribution is 2.00. The lowest BCUT2D eigenvalue weighted by molar-refractivity contribution is -0.129. The Bertz CT molecular complexity index is 335. The highest BCUT2D eigenvalue weighted by molar-refractivity contribution is 5.77. The summed E-state index contributed by atoms with van der Waals surface area (Å²) >= 11 is 0. The average Bonchev–Trinajstić information content (AvgIpc) is 2.34. The summed E-state index contributed by atoms with van der Waals surface area (Å²) < 4.78 is 0. The topological polar surface area (TPSA) is 32.3 Å². The van der Waals surface area contributed by atoms with Crippen molar-refractivity contribution in [3.63, 3.8) is 0 Å². The van der Waals surface area contributed by atoms with E-state index in [4.69, 9.17) is 0 Å². The predicted octanol–water partition coefficient (Wildman–Crippen LogP) is 1.69. The van der Waals surface area contributed by atoms with E-state index in [2.05, 4.69) is 17.4 Å². The first kappa shape index (κ1) is 13.7. The summed E-state index contributed by atoms with van der Waals surface area (Å²) in [6.45, 7) is 5.26. The van der Waals surface area contributed by atoms with E-state index < -0.39 is 0 Å². The van der Waals surface area contributed by atoms with E-state index in [9.17, 15) is 4.79 Å². The molecule has 0 unspecified atom stereocenters. The minimum Gasteiger partial charge on any atom is -0.344 e. The Morgan fingerprint density at radius 1 is 1.29 bits per heavy atom. The number of nitrogens with one attached hydrogen (secondary N) is 1. The molecule has 1 aromatic rings. The summed E-state index contributed by atoms with van der Waals surface area (Å²) in [4.78, 5) is 13.5. The molecule has 0 aliphatic heterocycles. The number of carbonyl (C=O) groups is 1. The van der Waals surface area contributed by atoms with Crippen molar-refractivity contribution < 1.29 is 4.79 Å². The summed E-state index contributed by atoms with van der Waals surface area (Å²) in [7, 11) is 1.85. The van der Waals surface area contributed by atoms with Crippen LogP contribution in [0.15, 0.2) is 30.3 Å². The molecule has 1 amide bonds. The van der Waals surface area contributed by atoms with Crippen LogP contribution < -0.4 is 5.32 Å². The normalized spacial score (nSPS) is 10.6. The molecule has 0 saturated heterocycles. The molecule has 3 heteroatoms. The van der Waals surface area contributed by atoms with Crippen LogP contribution in [0.3, 0.4) is 0 Å². The van der Waals surface area contributed by atoms with Crippen LogP contribution in [0, 0.1) is 0 Å². The zero-order valence-corrected chi connectivity index (χ0v) is 10.9. The number of rotatable bonds is 6. The maximum Gasteiger partial charge on any atom is 0.236 e. The maximum atomic E-state index is 11.7. The van der Waals surface area contributed by atoms with Crippen molar-refractivity contribution in [3.8, 4) is 0 Å². The first-order valence-electron chi connectivity index (χ1n) is 6.11. The fourth-order valence-corrected chi connectivity index (χ4v) is 1.49. The number of likely N-dealkylation sites (N-methyl/N-ethyl adjacent to an activating group) is 1. The molecule has 0 atom stereocenters. The lowest BCUT2D eigenvalue weighted by Crippen LogP contribution is -2.38. The summed E-state index contributed by atoms with van der Waals surface area (Å²) in [6.07, 6.45) is 0.907. The second kappa shape index (κ2) is 7.07. The molecule has 0 aromatic heterocycles. The third-order valence-electron chi connectivity index (χ3n) is 2.67. The van der Waals surface area contributed by atoms with Gasteiger partial charge in [-0.2, -0.15) is 0 Å². The van der Waals surface area contributed by atoms with Gasteiger partial charge in [0.05, 0.1) is 6.54 Å². The van der Waals surface area contributed by atoms with Gasteiger partial charge >= 0.3 is 0 Å². The monoisotopic (exact) mass is 234 g/mol. The molecule has 17 heavy (non-hydrogen) atoms. The second-order valence-corrected chi connectivity index (χ2v) is 4.59. The first-order chi connectivity index (χ1) is 8.09. The molecule has 0 aliphatic rings. The van der Waals surface area contributed by atoms with E-state index >= 15 is 0 Å². The highest BCUT2D eigenvalue weighted by atomic mass is 16.2. The van der Waals surface area contributed by atoms with Gasteiger partial charge in [0.25, 0.3) is 0 Å². The molecule has 1 aromatic carbocycles. The zero-order chi connectivity index (χ0) is 12.7. The quantitative estimate of drug-likeness (QED) is 0.812. The van der Waals surface area contributed by atoms with Crippen LogP contribution in [0.25, 0.3) is 0 Å². The number of hydrogen-bond acceptors (Lipinski definition) is 2. The van der Waals surface area contributed by atoms with E-state index in [1.807, 2.05) is 39.1 Å². The van der Waals surface area contributed by atoms with Crippen LogP contribution in [0.2, 0.25) is 0 Å². The lowest BCUT2D eigenvalue weighted by Gasteiger charge is -2.18. The number of benzene rings is 1. The summed E-state index contributed by atoms with van der Waals surface area (Å²) in [5.74, 6) is 0.148. The predicted molar refractivity (Wildman–Crippen MR) is 70.9 cm³/mol. The van der Waals surface area contributed by atoms with Crippen LogP contribution in [0.5, 0.6) is 0 Å². The van der Waals surface area contributed by atoms with Gasteiger partial charge in [-0.3, -0.25) is 4.79 Å². The molecule has 0 fully saturated rings. The smallest absolute Gasteiger partial charge is 0.236 e. The van der Waals surface area contributed by atoms with Crippen LogP contribution in [0.4, 0.5) is 0 Å². The van der Waals surface area contributed by atoms with Crippen molar-refractivity contribution in [3.05, 3.63) is 35.9 Å². The Balaban J connectivity index is 2.29. The van der Waals surface area contributed by atoms with E-state index in [0.29, 0.717) is 12.6 Å². The Morgan fingerprint density at radius 3 is 2.53 bits per heavy atom. The third-order valence-corrected chi connectivity index (χ3v) is 2.67. The fourth-order valence-electron chi connectivity index (χ4n) is 1.49. The van der Waals surface area contributed by atoms with E-state index in [1.54, 1.807) is 4.90 Å². The van der Waals surface area contributed by atoms with Crippen LogP contribution in [-0.4, -0.2) is 37.0 Å². The fraction of sp³-hybridized carbons (Fsp3) is 0.500. The molecule has 94 valence electrons. The van der Waals surface area contributed by atoms with Gasteiger partial charge in [0.1, 0.15) is 0 Å². The summed E-state index contributed by atoms with van der Waals surface area (Å²) in [5.41, 5.74) is 1.27. The van der Waals surface area contributed by atoms with Crippen molar-refractivity contribution in [2.45, 2.75) is 26.3 Å². The van der Waals surface area contributed by atoms with Crippen LogP contribution >= 0.6 is 0 Å². The summed E-state index contributed by atoms with van der Waals surface area (Å²) in [5, 5.41) is 3.13. The van der Waals surface area contributed by atoms with Gasteiger partial charge < -0.3 is 10.2 Å². The van der Waals surface area contributed by atoms with E-state index in [1.165, 1.54) is 5.56 Å². The molecule has 0 aliphatic carbocycles. The lowest BCUT2D eigenvalue weighted by atomic mass is 10.1. The molecule has 1 N–H and O–H groups in total. The second-order valence-electron chi connectivity index (χ2n) is 4.59. The van der Waals surface area contributed by atoms with E-state index in [0.717, 1.165) is 13.0 Å². The molecule has 1 rings (SSSR count). The minimum absolute atomic E-state index is 0.148. The average molecular weight is 234 g/mol. The van der Waals surface area contributed by atoms with Crippen molar-refractivity contribution >= 4 is 5.91 Å². The van der Waals surface area contributed by atoms with Gasteiger partial charge in [-0.25, -0.2) is 0 Å². The van der Waals surface area contributed by atoms with Crippen LogP contribution in [-0.2, 0) is 11.2 Å². The zero-order valence-electron chi connectivity index (χ0n) is 10.9. The first-order valence-corrected chi connectivity index (χ1v) is 6.11. The van der Waals surface area contributed by atoms with Crippen molar-refractivity contribution in [1.29, 1.82) is 0 Å². The Labute approximate surface area is 104 Å². The standard InChI is InChI=1S/C14H22N2O/c1-12(2)15-11-14(17)16(3)10-9-13-7-5-4-6-8-13/h4-8,12,15H,9-11H2,1-3H3. The molecular formula is C14H22N2O. The van der Waals surface area contributed by atoms with Gasteiger partial charge in [0.2, 0.25) is 5.91 Å². The molecule has 3 nitrogen and oxygen atoms in total. The van der Waals surface area contributed by atoms with Gasteiger partial charge in [0, 0.05) is 19.6 Å². The number of carbonyl (C=O) groups excluding carboxylic acids is 1. The third kappa shape index (κ3) is 5.50. The van der Waals surface area contributed by atoms with Gasteiger partial charge in [-0.1, -0.05) is 44.2 Å². The maximum absolute atomic E-state index is 11.7. The molecule has 0 spiro atoms. The number of amides is 1. The van der Waals surface area contributed by atoms with E-state index in [-0.39, 0.29) is 5.91 Å². The number of hydrogen-bond donors (Lipinski definition) is 1. The largest absolute Gasteiger partial charge is 0.344 e. The Hall–Kier alpha value is -1.35. The molecular weight excluding hydrogens is 212 g/mol. The number of nitrogens with zero attached hydrogens (tertiary/aromatic N) is 1. The van der Waals surface area contributed by atoms with Gasteiger partial charge in [-0.15, -0.1) is 0 Å². The van der Waals surface area contributed by atoms with Gasteiger partial charge in [0.15, 0.2) is 0 Å². The van der Waals surface area contributed by atoms with Crippen molar-refractivity contribution in [1.82, 2.24) is 10.2 Å². The van der Waals surface area contributed by atoms with Gasteiger partial charge in [-0.05, 0) is 12.0 Å². The van der Waals surface area contributed by atoms with Crippen molar-refractivity contribution in [2.75, 3.05) is 20.1 Å². The van der Waals surface area contributed by atoms with Crippen molar-refractivity contribution in [2.24, 2.45) is 0 Å². The SMILES string of the molecule is CC(C)NCC(=O)N(C)CCc1ccccc1. The highest BCUT2D eigenvalue weighted by Gasteiger charge is 2.08. The molecule has 0 saturated carbocycles. The molecule has 0 bridgehead atoms. The molecule has 0 radical (unpaired) electrons. The minimum atomic E-state index is 0.148. The Morgan fingerprint density at radius 2 is 1.94 bits per heavy atom.